The van der Waals surface area contributed by atoms with Crippen LogP contribution < -0.4 is 11.1 Å². The Kier molecular flexibility index (Phi) is 4.57. The second-order valence-electron chi connectivity index (χ2n) is 3.77. The van der Waals surface area contributed by atoms with Crippen LogP contribution in [0.1, 0.15) is 18.4 Å². The van der Waals surface area contributed by atoms with Gasteiger partial charge >= 0.3 is 0 Å². The van der Waals surface area contributed by atoms with Crippen molar-refractivity contribution in [1.29, 1.82) is 0 Å². The molecule has 0 aliphatic heterocycles. The van der Waals surface area contributed by atoms with Gasteiger partial charge in [0.05, 0.1) is 12.2 Å². The molecule has 1 heterocycles. The fourth-order valence-corrected chi connectivity index (χ4v) is 1.12. The van der Waals surface area contributed by atoms with Crippen molar-refractivity contribution < 1.29 is 4.52 Å². The van der Waals surface area contributed by atoms with Crippen molar-refractivity contribution in [2.75, 3.05) is 13.1 Å². The summed E-state index contributed by atoms with van der Waals surface area (Å²) in [5.74, 6) is 1.27. The zero-order valence-electron chi connectivity index (χ0n) is 9.79. The third-order valence-corrected chi connectivity index (χ3v) is 1.87. The van der Waals surface area contributed by atoms with Crippen LogP contribution in [0.4, 0.5) is 0 Å². The molecule has 1 aromatic heterocycles. The zero-order chi connectivity index (χ0) is 12.0. The van der Waals surface area contributed by atoms with E-state index < -0.39 is 0 Å². The molecule has 0 saturated heterocycles. The number of aliphatic imine (C=N–C) groups is 1. The van der Waals surface area contributed by atoms with E-state index in [9.17, 15) is 0 Å². The molecule has 0 bridgehead atoms. The number of nitrogens with zero attached hydrogens (tertiary/aromatic N) is 2. The SMILES string of the molecule is C=C(C)CN=C(N)NCCc1cc(C)no1. The molecule has 0 saturated carbocycles. The quantitative estimate of drug-likeness (QED) is 0.443. The number of aryl methyl sites for hydroxylation is 1. The molecule has 0 aliphatic carbocycles. The van der Waals surface area contributed by atoms with Crippen molar-refractivity contribution in [3.8, 4) is 0 Å². The van der Waals surface area contributed by atoms with Crippen molar-refractivity contribution in [2.24, 2.45) is 10.7 Å². The maximum atomic E-state index is 5.64. The molecular weight excluding hydrogens is 204 g/mol. The number of guanidine groups is 1. The highest BCUT2D eigenvalue weighted by atomic mass is 16.5. The van der Waals surface area contributed by atoms with Gasteiger partial charge in [0.15, 0.2) is 5.96 Å². The molecule has 0 fully saturated rings. The van der Waals surface area contributed by atoms with Gasteiger partial charge in [-0.15, -0.1) is 0 Å². The molecule has 1 aromatic rings. The minimum absolute atomic E-state index is 0.430. The Morgan fingerprint density at radius 1 is 1.69 bits per heavy atom. The third-order valence-electron chi connectivity index (χ3n) is 1.87. The van der Waals surface area contributed by atoms with Crippen molar-refractivity contribution >= 4 is 5.96 Å². The zero-order valence-corrected chi connectivity index (χ0v) is 9.79. The molecule has 0 aromatic carbocycles. The summed E-state index contributed by atoms with van der Waals surface area (Å²) in [6, 6.07) is 1.91. The molecule has 16 heavy (non-hydrogen) atoms. The second kappa shape index (κ2) is 5.95. The van der Waals surface area contributed by atoms with E-state index >= 15 is 0 Å². The van der Waals surface area contributed by atoms with E-state index in [1.165, 1.54) is 0 Å². The Labute approximate surface area is 95.4 Å². The van der Waals surface area contributed by atoms with Crippen molar-refractivity contribution in [3.63, 3.8) is 0 Å². The lowest BCUT2D eigenvalue weighted by atomic mass is 10.3. The summed E-state index contributed by atoms with van der Waals surface area (Å²) in [7, 11) is 0. The van der Waals surface area contributed by atoms with Crippen LogP contribution in [0, 0.1) is 6.92 Å². The van der Waals surface area contributed by atoms with E-state index in [1.807, 2.05) is 19.9 Å². The molecule has 88 valence electrons. The van der Waals surface area contributed by atoms with Crippen molar-refractivity contribution in [3.05, 3.63) is 29.7 Å². The fourth-order valence-electron chi connectivity index (χ4n) is 1.12. The first-order chi connectivity index (χ1) is 7.58. The van der Waals surface area contributed by atoms with E-state index in [1.54, 1.807) is 0 Å². The Balaban J connectivity index is 2.25. The molecule has 0 amide bonds. The summed E-state index contributed by atoms with van der Waals surface area (Å²) in [6.07, 6.45) is 0.740. The van der Waals surface area contributed by atoms with Gasteiger partial charge in [-0.05, 0) is 13.8 Å². The molecule has 0 unspecified atom stereocenters. The first-order valence-corrected chi connectivity index (χ1v) is 5.18. The largest absolute Gasteiger partial charge is 0.370 e. The van der Waals surface area contributed by atoms with Crippen molar-refractivity contribution in [2.45, 2.75) is 20.3 Å². The average Bonchev–Trinajstić information content (AvgIpc) is 2.61. The second-order valence-corrected chi connectivity index (χ2v) is 3.77. The van der Waals surface area contributed by atoms with Gasteiger partial charge in [-0.2, -0.15) is 0 Å². The monoisotopic (exact) mass is 222 g/mol. The van der Waals surface area contributed by atoms with Gasteiger partial charge in [-0.1, -0.05) is 17.3 Å². The highest BCUT2D eigenvalue weighted by Crippen LogP contribution is 2.01. The first-order valence-electron chi connectivity index (χ1n) is 5.18. The Bertz CT molecular complexity index is 381. The van der Waals surface area contributed by atoms with Gasteiger partial charge in [-0.3, -0.25) is 0 Å². The molecule has 3 N–H and O–H groups in total. The summed E-state index contributed by atoms with van der Waals surface area (Å²) in [5.41, 5.74) is 7.51. The van der Waals surface area contributed by atoms with Crippen LogP contribution in [0.5, 0.6) is 0 Å². The lowest BCUT2D eigenvalue weighted by Crippen LogP contribution is -2.33. The predicted octanol–water partition coefficient (Wildman–Crippen LogP) is 1.01. The van der Waals surface area contributed by atoms with E-state index in [-0.39, 0.29) is 0 Å². The van der Waals surface area contributed by atoms with Gasteiger partial charge in [0.2, 0.25) is 0 Å². The molecule has 0 aliphatic rings. The van der Waals surface area contributed by atoms with Crippen LogP contribution in [0.3, 0.4) is 0 Å². The minimum atomic E-state index is 0.430. The summed E-state index contributed by atoms with van der Waals surface area (Å²) < 4.78 is 5.06. The van der Waals surface area contributed by atoms with E-state index in [0.29, 0.717) is 19.0 Å². The molecule has 0 atom stereocenters. The van der Waals surface area contributed by atoms with Crippen LogP contribution in [0.15, 0.2) is 27.7 Å². The summed E-state index contributed by atoms with van der Waals surface area (Å²) in [4.78, 5) is 4.10. The van der Waals surface area contributed by atoms with Gasteiger partial charge in [-0.25, -0.2) is 4.99 Å². The molecular formula is C11H18N4O. The van der Waals surface area contributed by atoms with Crippen LogP contribution in [0.25, 0.3) is 0 Å². The molecule has 5 nitrogen and oxygen atoms in total. The van der Waals surface area contributed by atoms with Gasteiger partial charge < -0.3 is 15.6 Å². The number of aromatic nitrogens is 1. The van der Waals surface area contributed by atoms with Crippen LogP contribution in [-0.2, 0) is 6.42 Å². The number of hydrogen-bond acceptors (Lipinski definition) is 3. The maximum Gasteiger partial charge on any atom is 0.188 e. The summed E-state index contributed by atoms with van der Waals surface area (Å²) >= 11 is 0. The number of nitrogens with one attached hydrogen (secondary N) is 1. The Morgan fingerprint density at radius 2 is 2.44 bits per heavy atom. The molecule has 5 heteroatoms. The number of nitrogens with two attached hydrogens (primary N) is 1. The normalized spacial score (nSPS) is 11.5. The lowest BCUT2D eigenvalue weighted by molar-refractivity contribution is 0.379. The maximum absolute atomic E-state index is 5.64. The summed E-state index contributed by atoms with van der Waals surface area (Å²) in [6.45, 7) is 8.78. The topological polar surface area (TPSA) is 76.4 Å². The molecule has 1 rings (SSSR count). The highest BCUT2D eigenvalue weighted by molar-refractivity contribution is 5.77. The fraction of sp³-hybridized carbons (Fsp3) is 0.455. The smallest absolute Gasteiger partial charge is 0.188 e. The van der Waals surface area contributed by atoms with Crippen LogP contribution in [-0.4, -0.2) is 24.2 Å². The van der Waals surface area contributed by atoms with Crippen molar-refractivity contribution in [1.82, 2.24) is 10.5 Å². The first kappa shape index (κ1) is 12.3. The Hall–Kier alpha value is -1.78. The van der Waals surface area contributed by atoms with Gasteiger partial charge in [0, 0.05) is 19.0 Å². The van der Waals surface area contributed by atoms with E-state index in [4.69, 9.17) is 10.3 Å². The summed E-state index contributed by atoms with van der Waals surface area (Å²) in [5, 5.41) is 6.79. The molecule has 0 radical (unpaired) electrons. The third kappa shape index (κ3) is 4.63. The highest BCUT2D eigenvalue weighted by Gasteiger charge is 2.00. The molecule has 0 spiro atoms. The Morgan fingerprint density at radius 3 is 3.00 bits per heavy atom. The number of rotatable bonds is 5. The number of hydrogen-bond donors (Lipinski definition) is 2. The van der Waals surface area contributed by atoms with Gasteiger partial charge in [0.25, 0.3) is 0 Å². The van der Waals surface area contributed by atoms with Crippen LogP contribution >= 0.6 is 0 Å². The van der Waals surface area contributed by atoms with E-state index in [2.05, 4.69) is 22.0 Å². The predicted molar refractivity (Wildman–Crippen MR) is 64.3 cm³/mol. The minimum Gasteiger partial charge on any atom is -0.370 e. The van der Waals surface area contributed by atoms with Crippen LogP contribution in [0.2, 0.25) is 0 Å². The standard InChI is InChI=1S/C11H18N4O/c1-8(2)7-14-11(12)13-5-4-10-6-9(3)15-16-10/h6H,1,4-5,7H2,2-3H3,(H3,12,13,14). The average molecular weight is 222 g/mol. The lowest BCUT2D eigenvalue weighted by Gasteiger charge is -2.03. The van der Waals surface area contributed by atoms with Gasteiger partial charge in [0.1, 0.15) is 5.76 Å². The van der Waals surface area contributed by atoms with E-state index in [0.717, 1.165) is 23.4 Å².